The summed E-state index contributed by atoms with van der Waals surface area (Å²) < 4.78 is 3.28. The summed E-state index contributed by atoms with van der Waals surface area (Å²) >= 11 is 0. The van der Waals surface area contributed by atoms with Gasteiger partial charge < -0.3 is 0 Å². The molecule has 90 valence electrons. The lowest BCUT2D eigenvalue weighted by Crippen LogP contribution is -2.23. The Kier molecular flexibility index (Phi) is 2.57. The molecule has 0 fully saturated rings. The fourth-order valence-electron chi connectivity index (χ4n) is 1.88. The van der Waals surface area contributed by atoms with E-state index in [9.17, 15) is 4.79 Å². The Morgan fingerprint density at radius 1 is 1.17 bits per heavy atom. The summed E-state index contributed by atoms with van der Waals surface area (Å²) in [5.41, 5.74) is 1.79. The monoisotopic (exact) mass is 240 g/mol. The Balaban J connectivity index is 1.96. The highest BCUT2D eigenvalue weighted by Gasteiger charge is 2.05. The number of H-pyrrole nitrogens is 1. The van der Waals surface area contributed by atoms with Crippen LogP contribution in [0.1, 0.15) is 5.56 Å². The van der Waals surface area contributed by atoms with Crippen LogP contribution in [-0.4, -0.2) is 19.3 Å². The van der Waals surface area contributed by atoms with Crippen LogP contribution in [0, 0.1) is 0 Å². The SMILES string of the molecule is O=c1n(Cc2cn[nH]c2)ccn1-c1ccccc1. The van der Waals surface area contributed by atoms with Gasteiger partial charge in [0.1, 0.15) is 0 Å². The standard InChI is InChI=1S/C13H12N4O/c18-13-16(10-11-8-14-15-9-11)6-7-17(13)12-4-2-1-3-5-12/h1-9H,10H2,(H,14,15). The van der Waals surface area contributed by atoms with Crippen molar-refractivity contribution in [1.82, 2.24) is 19.3 Å². The number of aromatic nitrogens is 4. The van der Waals surface area contributed by atoms with Gasteiger partial charge in [0.2, 0.25) is 0 Å². The van der Waals surface area contributed by atoms with E-state index in [4.69, 9.17) is 0 Å². The number of hydrogen-bond acceptors (Lipinski definition) is 2. The van der Waals surface area contributed by atoms with E-state index in [1.54, 1.807) is 33.9 Å². The first-order valence-corrected chi connectivity index (χ1v) is 5.65. The maximum atomic E-state index is 12.2. The molecule has 0 spiro atoms. The summed E-state index contributed by atoms with van der Waals surface area (Å²) in [5.74, 6) is 0. The van der Waals surface area contributed by atoms with Crippen LogP contribution in [0.5, 0.6) is 0 Å². The van der Waals surface area contributed by atoms with E-state index in [1.165, 1.54) is 0 Å². The van der Waals surface area contributed by atoms with Crippen LogP contribution in [0.2, 0.25) is 0 Å². The van der Waals surface area contributed by atoms with Gasteiger partial charge in [0.25, 0.3) is 0 Å². The Bertz CT molecular complexity index is 679. The van der Waals surface area contributed by atoms with Crippen molar-refractivity contribution in [2.45, 2.75) is 6.54 Å². The predicted octanol–water partition coefficient (Wildman–Crippen LogP) is 1.41. The number of para-hydroxylation sites is 1. The number of nitrogens with zero attached hydrogens (tertiary/aromatic N) is 3. The molecule has 1 N–H and O–H groups in total. The molecule has 0 amide bonds. The summed E-state index contributed by atoms with van der Waals surface area (Å²) in [6, 6.07) is 9.56. The summed E-state index contributed by atoms with van der Waals surface area (Å²) in [6.07, 6.45) is 7.05. The van der Waals surface area contributed by atoms with E-state index in [0.29, 0.717) is 6.54 Å². The first-order chi connectivity index (χ1) is 8.84. The highest BCUT2D eigenvalue weighted by atomic mass is 16.1. The van der Waals surface area contributed by atoms with E-state index in [-0.39, 0.29) is 5.69 Å². The normalized spacial score (nSPS) is 10.7. The molecule has 0 saturated heterocycles. The second-order valence-corrected chi connectivity index (χ2v) is 4.02. The van der Waals surface area contributed by atoms with Crippen LogP contribution < -0.4 is 5.69 Å². The van der Waals surface area contributed by atoms with Crippen molar-refractivity contribution in [1.29, 1.82) is 0 Å². The van der Waals surface area contributed by atoms with Crippen LogP contribution in [0.15, 0.2) is 59.9 Å². The van der Waals surface area contributed by atoms with Crippen molar-refractivity contribution < 1.29 is 0 Å². The van der Waals surface area contributed by atoms with E-state index in [1.807, 2.05) is 30.3 Å². The maximum absolute atomic E-state index is 12.2. The lowest BCUT2D eigenvalue weighted by atomic mass is 10.3. The number of aromatic amines is 1. The highest BCUT2D eigenvalue weighted by Crippen LogP contribution is 2.04. The molecule has 1 aromatic carbocycles. The molecule has 0 atom stereocenters. The van der Waals surface area contributed by atoms with Gasteiger partial charge in [0.05, 0.1) is 18.4 Å². The fraction of sp³-hybridized carbons (Fsp3) is 0.0769. The van der Waals surface area contributed by atoms with Gasteiger partial charge in [0.15, 0.2) is 0 Å². The molecule has 0 unspecified atom stereocenters. The minimum absolute atomic E-state index is 0.0533. The van der Waals surface area contributed by atoms with Crippen molar-refractivity contribution in [3.05, 3.63) is 71.2 Å². The van der Waals surface area contributed by atoms with Crippen LogP contribution >= 0.6 is 0 Å². The van der Waals surface area contributed by atoms with Crippen molar-refractivity contribution in [2.75, 3.05) is 0 Å². The van der Waals surface area contributed by atoms with Crippen molar-refractivity contribution in [3.63, 3.8) is 0 Å². The van der Waals surface area contributed by atoms with Crippen LogP contribution in [0.25, 0.3) is 5.69 Å². The van der Waals surface area contributed by atoms with Gasteiger partial charge in [-0.25, -0.2) is 4.79 Å². The molecule has 0 saturated carbocycles. The second kappa shape index (κ2) is 4.37. The van der Waals surface area contributed by atoms with E-state index in [0.717, 1.165) is 11.3 Å². The molecule has 2 heterocycles. The van der Waals surface area contributed by atoms with Gasteiger partial charge >= 0.3 is 5.69 Å². The van der Waals surface area contributed by atoms with Gasteiger partial charge in [-0.2, -0.15) is 5.10 Å². The number of rotatable bonds is 3. The van der Waals surface area contributed by atoms with E-state index in [2.05, 4.69) is 10.2 Å². The molecule has 0 aliphatic rings. The molecular formula is C13H12N4O. The van der Waals surface area contributed by atoms with Crippen LogP contribution in [-0.2, 0) is 6.54 Å². The van der Waals surface area contributed by atoms with Crippen LogP contribution in [0.3, 0.4) is 0 Å². The minimum atomic E-state index is -0.0533. The van der Waals surface area contributed by atoms with Gasteiger partial charge in [-0.1, -0.05) is 18.2 Å². The Morgan fingerprint density at radius 3 is 2.72 bits per heavy atom. The quantitative estimate of drug-likeness (QED) is 0.752. The maximum Gasteiger partial charge on any atom is 0.333 e. The van der Waals surface area contributed by atoms with Crippen molar-refractivity contribution in [3.8, 4) is 5.69 Å². The topological polar surface area (TPSA) is 55.6 Å². The minimum Gasteiger partial charge on any atom is -0.294 e. The third-order valence-electron chi connectivity index (χ3n) is 2.79. The lowest BCUT2D eigenvalue weighted by molar-refractivity contribution is 0.743. The zero-order valence-corrected chi connectivity index (χ0v) is 9.65. The molecule has 3 rings (SSSR count). The first kappa shape index (κ1) is 10.6. The zero-order chi connectivity index (χ0) is 12.4. The van der Waals surface area contributed by atoms with Gasteiger partial charge in [-0.3, -0.25) is 14.2 Å². The molecule has 0 bridgehead atoms. The molecule has 0 radical (unpaired) electrons. The smallest absolute Gasteiger partial charge is 0.294 e. The molecule has 18 heavy (non-hydrogen) atoms. The lowest BCUT2D eigenvalue weighted by Gasteiger charge is -2.00. The van der Waals surface area contributed by atoms with Gasteiger partial charge in [-0.15, -0.1) is 0 Å². The number of benzene rings is 1. The molecule has 5 heteroatoms. The zero-order valence-electron chi connectivity index (χ0n) is 9.65. The third-order valence-corrected chi connectivity index (χ3v) is 2.79. The van der Waals surface area contributed by atoms with E-state index >= 15 is 0 Å². The highest BCUT2D eigenvalue weighted by molar-refractivity contribution is 5.31. The Labute approximate surface area is 103 Å². The summed E-state index contributed by atoms with van der Waals surface area (Å²) in [7, 11) is 0. The van der Waals surface area contributed by atoms with Crippen LogP contribution in [0.4, 0.5) is 0 Å². The molecule has 2 aromatic heterocycles. The van der Waals surface area contributed by atoms with Gasteiger partial charge in [0, 0.05) is 24.2 Å². The largest absolute Gasteiger partial charge is 0.333 e. The first-order valence-electron chi connectivity index (χ1n) is 5.65. The average molecular weight is 240 g/mol. The molecular weight excluding hydrogens is 228 g/mol. The molecule has 0 aliphatic carbocycles. The van der Waals surface area contributed by atoms with Gasteiger partial charge in [-0.05, 0) is 12.1 Å². The van der Waals surface area contributed by atoms with Crippen molar-refractivity contribution in [2.24, 2.45) is 0 Å². The summed E-state index contributed by atoms with van der Waals surface area (Å²) in [5, 5.41) is 6.60. The Hall–Kier alpha value is -2.56. The number of nitrogens with one attached hydrogen (secondary N) is 1. The molecule has 3 aromatic rings. The van der Waals surface area contributed by atoms with E-state index < -0.39 is 0 Å². The third kappa shape index (κ3) is 1.86. The summed E-state index contributed by atoms with van der Waals surface area (Å²) in [6.45, 7) is 0.523. The number of imidazole rings is 1. The molecule has 5 nitrogen and oxygen atoms in total. The average Bonchev–Trinajstić information content (AvgIpc) is 3.03. The fourth-order valence-corrected chi connectivity index (χ4v) is 1.88. The molecule has 0 aliphatic heterocycles. The number of hydrogen-bond donors (Lipinski definition) is 1. The summed E-state index contributed by atoms with van der Waals surface area (Å²) in [4.78, 5) is 12.2. The van der Waals surface area contributed by atoms with Crippen molar-refractivity contribution >= 4 is 0 Å². The predicted molar refractivity (Wildman–Crippen MR) is 67.7 cm³/mol. The Morgan fingerprint density at radius 2 is 2.00 bits per heavy atom. The second-order valence-electron chi connectivity index (χ2n) is 4.02.